The molecule has 3 aromatic rings. The highest BCUT2D eigenvalue weighted by Gasteiger charge is 2.41. The molecule has 0 spiro atoms. The number of hydrogen-bond donors (Lipinski definition) is 1. The number of hydrogen-bond acceptors (Lipinski definition) is 4. The zero-order chi connectivity index (χ0) is 22.8. The third kappa shape index (κ3) is 3.99. The molecule has 3 aromatic carbocycles. The Morgan fingerprint density at radius 2 is 1.62 bits per heavy atom. The largest absolute Gasteiger partial charge is 0.495 e. The lowest BCUT2D eigenvalue weighted by Gasteiger charge is -2.18. The first kappa shape index (κ1) is 21.7. The third-order valence-electron chi connectivity index (χ3n) is 5.44. The van der Waals surface area contributed by atoms with Crippen LogP contribution >= 0.6 is 11.6 Å². The van der Waals surface area contributed by atoms with Crippen LogP contribution in [0, 0.1) is 6.92 Å². The van der Waals surface area contributed by atoms with Gasteiger partial charge in [-0.3, -0.25) is 9.59 Å². The highest BCUT2D eigenvalue weighted by molar-refractivity contribution is 6.46. The summed E-state index contributed by atoms with van der Waals surface area (Å²) in [5.74, 6) is -0.522. The molecule has 6 heteroatoms. The summed E-state index contributed by atoms with van der Waals surface area (Å²) in [5.41, 5.74) is 4.44. The van der Waals surface area contributed by atoms with Gasteiger partial charge in [0.25, 0.3) is 11.8 Å². The van der Waals surface area contributed by atoms with E-state index in [1.54, 1.807) is 18.2 Å². The van der Waals surface area contributed by atoms with Crippen LogP contribution < -0.4 is 15.0 Å². The maximum atomic E-state index is 13.6. The molecule has 0 fully saturated rings. The number of amides is 2. The Hall–Kier alpha value is -3.57. The van der Waals surface area contributed by atoms with Crippen molar-refractivity contribution in [2.75, 3.05) is 17.3 Å². The van der Waals surface area contributed by atoms with Gasteiger partial charge in [-0.1, -0.05) is 60.5 Å². The van der Waals surface area contributed by atoms with E-state index in [4.69, 9.17) is 16.3 Å². The highest BCUT2D eigenvalue weighted by Crippen LogP contribution is 2.39. The number of aryl methyl sites for hydroxylation is 2. The first-order chi connectivity index (χ1) is 15.4. The maximum Gasteiger partial charge on any atom is 0.282 e. The van der Waals surface area contributed by atoms with Crippen LogP contribution in [0.2, 0.25) is 5.02 Å². The average Bonchev–Trinajstić information content (AvgIpc) is 3.04. The first-order valence-electron chi connectivity index (χ1n) is 10.3. The Morgan fingerprint density at radius 3 is 2.25 bits per heavy atom. The van der Waals surface area contributed by atoms with Crippen molar-refractivity contribution in [1.29, 1.82) is 0 Å². The van der Waals surface area contributed by atoms with E-state index < -0.39 is 11.8 Å². The second-order valence-corrected chi connectivity index (χ2v) is 7.99. The number of anilines is 2. The van der Waals surface area contributed by atoms with Crippen LogP contribution in [0.1, 0.15) is 23.6 Å². The predicted octanol–water partition coefficient (Wildman–Crippen LogP) is 5.62. The molecular weight excluding hydrogens is 424 g/mol. The minimum atomic E-state index is -0.467. The molecule has 1 N–H and O–H groups in total. The van der Waals surface area contributed by atoms with Gasteiger partial charge in [-0.2, -0.15) is 0 Å². The molecule has 1 aliphatic rings. The lowest BCUT2D eigenvalue weighted by atomic mass is 10.0. The van der Waals surface area contributed by atoms with E-state index in [0.717, 1.165) is 22.6 Å². The van der Waals surface area contributed by atoms with Crippen LogP contribution in [-0.4, -0.2) is 18.9 Å². The van der Waals surface area contributed by atoms with Crippen molar-refractivity contribution >= 4 is 40.4 Å². The minimum absolute atomic E-state index is 0.213. The van der Waals surface area contributed by atoms with Gasteiger partial charge >= 0.3 is 0 Å². The monoisotopic (exact) mass is 446 g/mol. The molecule has 0 aromatic heterocycles. The molecule has 0 aliphatic carbocycles. The summed E-state index contributed by atoms with van der Waals surface area (Å²) in [6.07, 6.45) is 0.914. The van der Waals surface area contributed by atoms with E-state index in [9.17, 15) is 9.59 Å². The molecule has 1 aliphatic heterocycles. The third-order valence-corrected chi connectivity index (χ3v) is 5.67. The number of rotatable bonds is 6. The molecule has 0 saturated carbocycles. The van der Waals surface area contributed by atoms with Crippen molar-refractivity contribution < 1.29 is 14.3 Å². The zero-order valence-electron chi connectivity index (χ0n) is 18.1. The van der Waals surface area contributed by atoms with Crippen LogP contribution in [0.25, 0.3) is 5.57 Å². The summed E-state index contributed by atoms with van der Waals surface area (Å²) in [4.78, 5) is 28.3. The van der Waals surface area contributed by atoms with Crippen LogP contribution in [0.4, 0.5) is 11.4 Å². The molecule has 4 rings (SSSR count). The Kier molecular flexibility index (Phi) is 6.01. The van der Waals surface area contributed by atoms with E-state index in [1.165, 1.54) is 12.7 Å². The maximum absolute atomic E-state index is 13.6. The molecule has 0 bridgehead atoms. The summed E-state index contributed by atoms with van der Waals surface area (Å²) in [6.45, 7) is 4.05. The Balaban J connectivity index is 1.83. The van der Waals surface area contributed by atoms with Gasteiger partial charge in [0, 0.05) is 10.7 Å². The van der Waals surface area contributed by atoms with Crippen LogP contribution in [-0.2, 0) is 16.0 Å². The fraction of sp³-hybridized carbons (Fsp3) is 0.154. The second kappa shape index (κ2) is 8.89. The van der Waals surface area contributed by atoms with Crippen LogP contribution in [0.15, 0.2) is 72.4 Å². The number of carbonyl (C=O) groups excluding carboxylic acids is 2. The minimum Gasteiger partial charge on any atom is -0.495 e. The number of nitrogens with zero attached hydrogens (tertiary/aromatic N) is 1. The Bertz CT molecular complexity index is 1210. The van der Waals surface area contributed by atoms with Gasteiger partial charge in [0.1, 0.15) is 11.4 Å². The van der Waals surface area contributed by atoms with Gasteiger partial charge in [0.05, 0.1) is 18.4 Å². The van der Waals surface area contributed by atoms with Crippen LogP contribution in [0.5, 0.6) is 5.75 Å². The van der Waals surface area contributed by atoms with Gasteiger partial charge in [0.15, 0.2) is 0 Å². The topological polar surface area (TPSA) is 58.6 Å². The van der Waals surface area contributed by atoms with E-state index in [-0.39, 0.29) is 5.70 Å². The van der Waals surface area contributed by atoms with Crippen molar-refractivity contribution in [2.45, 2.75) is 20.3 Å². The molecule has 32 heavy (non-hydrogen) atoms. The molecule has 2 amide bonds. The van der Waals surface area contributed by atoms with Crippen molar-refractivity contribution in [3.63, 3.8) is 0 Å². The molecule has 0 unspecified atom stereocenters. The number of ether oxygens (including phenoxy) is 1. The predicted molar refractivity (Wildman–Crippen MR) is 128 cm³/mol. The van der Waals surface area contributed by atoms with Gasteiger partial charge in [-0.05, 0) is 54.8 Å². The van der Waals surface area contributed by atoms with E-state index in [2.05, 4.69) is 12.2 Å². The van der Waals surface area contributed by atoms with Gasteiger partial charge < -0.3 is 10.1 Å². The molecule has 0 atom stereocenters. The van der Waals surface area contributed by atoms with Gasteiger partial charge in [-0.25, -0.2) is 4.90 Å². The van der Waals surface area contributed by atoms with Gasteiger partial charge in [-0.15, -0.1) is 0 Å². The number of nitrogens with one attached hydrogen (secondary N) is 1. The molecule has 0 saturated heterocycles. The number of benzene rings is 3. The molecule has 0 radical (unpaired) electrons. The SMILES string of the molecule is CCc1ccc(NC2=C(c3ccc(C)cc3)C(=O)N(c3cc(Cl)ccc3OC)C2=O)cc1. The summed E-state index contributed by atoms with van der Waals surface area (Å²) in [5, 5.41) is 3.58. The van der Waals surface area contributed by atoms with E-state index in [1.807, 2.05) is 55.5 Å². The molecule has 1 heterocycles. The fourth-order valence-corrected chi connectivity index (χ4v) is 3.82. The number of methoxy groups -OCH3 is 1. The fourth-order valence-electron chi connectivity index (χ4n) is 3.66. The van der Waals surface area contributed by atoms with Gasteiger partial charge in [0.2, 0.25) is 0 Å². The smallest absolute Gasteiger partial charge is 0.282 e. The highest BCUT2D eigenvalue weighted by atomic mass is 35.5. The quantitative estimate of drug-likeness (QED) is 0.499. The Labute approximate surface area is 192 Å². The van der Waals surface area contributed by atoms with Crippen molar-refractivity contribution in [3.8, 4) is 5.75 Å². The van der Waals surface area contributed by atoms with Crippen molar-refractivity contribution in [1.82, 2.24) is 0 Å². The average molecular weight is 447 g/mol. The second-order valence-electron chi connectivity index (χ2n) is 7.55. The van der Waals surface area contributed by atoms with E-state index in [0.29, 0.717) is 27.6 Å². The number of imide groups is 1. The van der Waals surface area contributed by atoms with Crippen LogP contribution in [0.3, 0.4) is 0 Å². The van der Waals surface area contributed by atoms with Crippen molar-refractivity contribution in [2.24, 2.45) is 0 Å². The molecule has 5 nitrogen and oxygen atoms in total. The van der Waals surface area contributed by atoms with E-state index >= 15 is 0 Å². The standard InChI is InChI=1S/C26H23ClN2O3/c1-4-17-7-12-20(13-8-17)28-24-23(18-9-5-16(2)6-10-18)25(30)29(26(24)31)21-15-19(27)11-14-22(21)32-3/h5-15,28H,4H2,1-3H3. The first-order valence-corrected chi connectivity index (χ1v) is 10.7. The normalized spacial score (nSPS) is 13.7. The lowest BCUT2D eigenvalue weighted by molar-refractivity contribution is -0.120. The van der Waals surface area contributed by atoms with Crippen molar-refractivity contribution in [3.05, 3.63) is 94.1 Å². The summed E-state index contributed by atoms with van der Waals surface area (Å²) < 4.78 is 5.40. The lowest BCUT2D eigenvalue weighted by Crippen LogP contribution is -2.32. The molecule has 162 valence electrons. The Morgan fingerprint density at radius 1 is 0.938 bits per heavy atom. The summed E-state index contributed by atoms with van der Waals surface area (Å²) >= 11 is 6.18. The summed E-state index contributed by atoms with van der Waals surface area (Å²) in [6, 6.07) is 20.1. The summed E-state index contributed by atoms with van der Waals surface area (Å²) in [7, 11) is 1.49. The number of halogens is 1. The molecular formula is C26H23ClN2O3. The number of carbonyl (C=O) groups is 2. The zero-order valence-corrected chi connectivity index (χ0v) is 18.9.